The van der Waals surface area contributed by atoms with Crippen molar-refractivity contribution in [1.82, 2.24) is 0 Å². The first-order valence-electron chi connectivity index (χ1n) is 6.95. The smallest absolute Gasteiger partial charge is 0.259 e. The second kappa shape index (κ2) is 6.11. The number of aryl methyl sites for hydroxylation is 1. The van der Waals surface area contributed by atoms with Gasteiger partial charge in [-0.1, -0.05) is 47.5 Å². The van der Waals surface area contributed by atoms with E-state index in [-0.39, 0.29) is 11.3 Å². The molecule has 0 bridgehead atoms. The zero-order valence-electron chi connectivity index (χ0n) is 12.2. The molecule has 0 aliphatic carbocycles. The number of phenols is 1. The molecule has 1 amide bonds. The minimum Gasteiger partial charge on any atom is -0.507 e. The van der Waals surface area contributed by atoms with Gasteiger partial charge in [-0.15, -0.1) is 0 Å². The van der Waals surface area contributed by atoms with Crippen molar-refractivity contribution < 1.29 is 9.90 Å². The topological polar surface area (TPSA) is 49.3 Å². The molecule has 3 nitrogen and oxygen atoms in total. The van der Waals surface area contributed by atoms with Gasteiger partial charge in [0.25, 0.3) is 5.91 Å². The van der Waals surface area contributed by atoms with E-state index in [1.165, 1.54) is 0 Å². The molecule has 116 valence electrons. The molecule has 0 atom stereocenters. The number of aromatic hydroxyl groups is 1. The van der Waals surface area contributed by atoms with Gasteiger partial charge in [-0.3, -0.25) is 4.79 Å². The van der Waals surface area contributed by atoms with Crippen LogP contribution in [0, 0.1) is 6.92 Å². The monoisotopic (exact) mass is 345 g/mol. The summed E-state index contributed by atoms with van der Waals surface area (Å²) in [6.07, 6.45) is 0. The molecule has 3 rings (SSSR count). The second-order valence-electron chi connectivity index (χ2n) is 5.20. The number of amides is 1. The van der Waals surface area contributed by atoms with Crippen LogP contribution in [0.5, 0.6) is 5.75 Å². The van der Waals surface area contributed by atoms with Crippen LogP contribution in [0.4, 0.5) is 5.69 Å². The van der Waals surface area contributed by atoms with Crippen molar-refractivity contribution in [3.63, 3.8) is 0 Å². The number of carbonyl (C=O) groups excluding carboxylic acids is 1. The van der Waals surface area contributed by atoms with Crippen molar-refractivity contribution >= 4 is 45.6 Å². The van der Waals surface area contributed by atoms with Crippen LogP contribution in [0.25, 0.3) is 10.8 Å². The summed E-state index contributed by atoms with van der Waals surface area (Å²) in [5.41, 5.74) is 1.39. The lowest BCUT2D eigenvalue weighted by atomic mass is 10.00. The highest BCUT2D eigenvalue weighted by Crippen LogP contribution is 2.31. The van der Waals surface area contributed by atoms with Crippen molar-refractivity contribution in [2.75, 3.05) is 5.32 Å². The van der Waals surface area contributed by atoms with Crippen LogP contribution < -0.4 is 5.32 Å². The summed E-state index contributed by atoms with van der Waals surface area (Å²) < 4.78 is 0. The summed E-state index contributed by atoms with van der Waals surface area (Å²) in [5.74, 6) is -0.434. The fourth-order valence-corrected chi connectivity index (χ4v) is 2.76. The van der Waals surface area contributed by atoms with E-state index in [2.05, 4.69) is 5.32 Å². The third kappa shape index (κ3) is 2.98. The molecule has 3 aromatic rings. The highest BCUT2D eigenvalue weighted by Gasteiger charge is 2.16. The van der Waals surface area contributed by atoms with Gasteiger partial charge in [-0.25, -0.2) is 0 Å². The number of hydrogen-bond acceptors (Lipinski definition) is 2. The normalized spacial score (nSPS) is 10.7. The van der Waals surface area contributed by atoms with Crippen molar-refractivity contribution in [3.8, 4) is 5.75 Å². The summed E-state index contributed by atoms with van der Waals surface area (Å²) >= 11 is 11.8. The molecule has 5 heteroatoms. The third-order valence-corrected chi connectivity index (χ3v) is 4.44. The number of carbonyl (C=O) groups is 1. The number of benzene rings is 3. The number of phenolic OH excluding ortho intramolecular Hbond substituents is 1. The minimum absolute atomic E-state index is 0.0266. The number of nitrogens with one attached hydrogen (secondary N) is 1. The van der Waals surface area contributed by atoms with Crippen LogP contribution in [0.15, 0.2) is 48.5 Å². The first-order valence-corrected chi connectivity index (χ1v) is 7.70. The zero-order chi connectivity index (χ0) is 16.6. The van der Waals surface area contributed by atoms with Crippen molar-refractivity contribution in [2.24, 2.45) is 0 Å². The molecule has 2 N–H and O–H groups in total. The number of hydrogen-bond donors (Lipinski definition) is 2. The molecule has 0 aliphatic rings. The second-order valence-corrected chi connectivity index (χ2v) is 6.02. The zero-order valence-corrected chi connectivity index (χ0v) is 13.7. The van der Waals surface area contributed by atoms with Crippen molar-refractivity contribution in [1.29, 1.82) is 0 Å². The van der Waals surface area contributed by atoms with Gasteiger partial charge < -0.3 is 10.4 Å². The fourth-order valence-electron chi connectivity index (χ4n) is 2.46. The summed E-state index contributed by atoms with van der Waals surface area (Å²) in [5, 5.41) is 15.6. The maximum atomic E-state index is 12.5. The van der Waals surface area contributed by atoms with Gasteiger partial charge in [-0.2, -0.15) is 0 Å². The Labute approximate surface area is 143 Å². The van der Waals surface area contributed by atoms with Crippen LogP contribution in [-0.2, 0) is 0 Å². The fraction of sp³-hybridized carbons (Fsp3) is 0.0556. The van der Waals surface area contributed by atoms with Crippen LogP contribution in [-0.4, -0.2) is 11.0 Å². The molecule has 0 saturated carbocycles. The van der Waals surface area contributed by atoms with E-state index in [9.17, 15) is 9.90 Å². The molecule has 0 radical (unpaired) electrons. The van der Waals surface area contributed by atoms with Gasteiger partial charge in [0, 0.05) is 5.69 Å². The standard InChI is InChI=1S/C18H13Cl2NO2/c1-10-13-5-3-2-4-11(13)8-14(17(10)22)18(23)21-12-6-7-15(19)16(20)9-12/h2-9,22H,1H3,(H,21,23). The SMILES string of the molecule is Cc1c(O)c(C(=O)Nc2ccc(Cl)c(Cl)c2)cc2ccccc12. The number of fused-ring (bicyclic) bond motifs is 1. The minimum atomic E-state index is -0.408. The Morgan fingerprint density at radius 2 is 1.78 bits per heavy atom. The average molecular weight is 346 g/mol. The lowest BCUT2D eigenvalue weighted by molar-refractivity contribution is 0.102. The average Bonchev–Trinajstić information content (AvgIpc) is 2.54. The molecular formula is C18H13Cl2NO2. The van der Waals surface area contributed by atoms with Crippen LogP contribution in [0.1, 0.15) is 15.9 Å². The quantitative estimate of drug-likeness (QED) is 0.652. The number of rotatable bonds is 2. The molecular weight excluding hydrogens is 333 g/mol. The highest BCUT2D eigenvalue weighted by atomic mass is 35.5. The first kappa shape index (κ1) is 15.7. The van der Waals surface area contributed by atoms with E-state index in [0.717, 1.165) is 10.8 Å². The molecule has 0 saturated heterocycles. The maximum absolute atomic E-state index is 12.5. The molecule has 3 aromatic carbocycles. The van der Waals surface area contributed by atoms with E-state index in [0.29, 0.717) is 21.3 Å². The lowest BCUT2D eigenvalue weighted by Crippen LogP contribution is -2.12. The summed E-state index contributed by atoms with van der Waals surface area (Å²) in [7, 11) is 0. The summed E-state index contributed by atoms with van der Waals surface area (Å²) in [6, 6.07) is 14.1. The van der Waals surface area contributed by atoms with Gasteiger partial charge in [0.15, 0.2) is 0 Å². The van der Waals surface area contributed by atoms with E-state index in [1.807, 2.05) is 24.3 Å². The molecule has 0 aliphatic heterocycles. The molecule has 0 aromatic heterocycles. The largest absolute Gasteiger partial charge is 0.507 e. The predicted octanol–water partition coefficient (Wildman–Crippen LogP) is 5.41. The van der Waals surface area contributed by atoms with Gasteiger partial charge >= 0.3 is 0 Å². The van der Waals surface area contributed by atoms with E-state index < -0.39 is 5.91 Å². The van der Waals surface area contributed by atoms with Gasteiger partial charge in [-0.05, 0) is 47.5 Å². The van der Waals surface area contributed by atoms with Gasteiger partial charge in [0.2, 0.25) is 0 Å². The molecule has 0 heterocycles. The first-order chi connectivity index (χ1) is 11.0. The number of anilines is 1. The van der Waals surface area contributed by atoms with E-state index in [4.69, 9.17) is 23.2 Å². The number of halogens is 2. The Morgan fingerprint density at radius 3 is 2.52 bits per heavy atom. The predicted molar refractivity (Wildman–Crippen MR) is 94.8 cm³/mol. The Morgan fingerprint density at radius 1 is 1.04 bits per heavy atom. The summed E-state index contributed by atoms with van der Waals surface area (Å²) in [6.45, 7) is 1.79. The van der Waals surface area contributed by atoms with E-state index in [1.54, 1.807) is 31.2 Å². The lowest BCUT2D eigenvalue weighted by Gasteiger charge is -2.12. The van der Waals surface area contributed by atoms with Crippen molar-refractivity contribution in [3.05, 3.63) is 69.7 Å². The van der Waals surface area contributed by atoms with E-state index >= 15 is 0 Å². The summed E-state index contributed by atoms with van der Waals surface area (Å²) in [4.78, 5) is 12.5. The Bertz CT molecular complexity index is 922. The highest BCUT2D eigenvalue weighted by molar-refractivity contribution is 6.42. The van der Waals surface area contributed by atoms with Crippen molar-refractivity contribution in [2.45, 2.75) is 6.92 Å². The van der Waals surface area contributed by atoms with Crippen LogP contribution >= 0.6 is 23.2 Å². The third-order valence-electron chi connectivity index (χ3n) is 3.70. The molecule has 0 fully saturated rings. The Kier molecular flexibility index (Phi) is 4.16. The Balaban J connectivity index is 2.00. The van der Waals surface area contributed by atoms with Gasteiger partial charge in [0.1, 0.15) is 5.75 Å². The maximum Gasteiger partial charge on any atom is 0.259 e. The van der Waals surface area contributed by atoms with Crippen LogP contribution in [0.3, 0.4) is 0 Å². The molecule has 0 unspecified atom stereocenters. The molecule has 23 heavy (non-hydrogen) atoms. The van der Waals surface area contributed by atoms with Crippen LogP contribution in [0.2, 0.25) is 10.0 Å². The van der Waals surface area contributed by atoms with Gasteiger partial charge in [0.05, 0.1) is 15.6 Å². The molecule has 0 spiro atoms. The Hall–Kier alpha value is -2.23.